The number of rotatable bonds is 7. The first-order valence-electron chi connectivity index (χ1n) is 8.56. The number of carbonyl (C=O) groups is 2. The van der Waals surface area contributed by atoms with Gasteiger partial charge in [-0.15, -0.1) is 11.8 Å². The summed E-state index contributed by atoms with van der Waals surface area (Å²) in [5.41, 5.74) is 2.73. The normalized spacial score (nSPS) is 12.3. The maximum atomic E-state index is 11.9. The average molecular weight is 421 g/mol. The summed E-state index contributed by atoms with van der Waals surface area (Å²) in [5.74, 6) is -0.980. The predicted molar refractivity (Wildman–Crippen MR) is 107 cm³/mol. The van der Waals surface area contributed by atoms with Gasteiger partial charge < -0.3 is 10.1 Å². The molecule has 1 aliphatic carbocycles. The number of halogens is 1. The van der Waals surface area contributed by atoms with Crippen molar-refractivity contribution in [2.45, 2.75) is 24.2 Å². The minimum atomic E-state index is -0.585. The fourth-order valence-corrected chi connectivity index (χ4v) is 3.85. The number of thioether (sulfide) groups is 1. The Morgan fingerprint density at radius 3 is 2.71 bits per heavy atom. The minimum absolute atomic E-state index is 0.0287. The molecule has 0 aliphatic heterocycles. The lowest BCUT2D eigenvalue weighted by Crippen LogP contribution is -2.21. The van der Waals surface area contributed by atoms with E-state index in [1.807, 2.05) is 6.07 Å². The number of nitro benzene ring substituents is 1. The number of nitrogens with zero attached hydrogens (tertiary/aromatic N) is 1. The van der Waals surface area contributed by atoms with Crippen LogP contribution in [-0.2, 0) is 27.2 Å². The van der Waals surface area contributed by atoms with Gasteiger partial charge in [-0.3, -0.25) is 19.7 Å². The predicted octanol–water partition coefficient (Wildman–Crippen LogP) is 4.01. The molecule has 1 aliphatic rings. The molecule has 0 radical (unpaired) electrons. The first-order valence-corrected chi connectivity index (χ1v) is 9.93. The summed E-state index contributed by atoms with van der Waals surface area (Å²) < 4.78 is 4.97. The van der Waals surface area contributed by atoms with Crippen LogP contribution in [-0.4, -0.2) is 29.2 Å². The van der Waals surface area contributed by atoms with E-state index in [2.05, 4.69) is 17.4 Å². The number of carbonyl (C=O) groups excluding carboxylic acids is 2. The van der Waals surface area contributed by atoms with Gasteiger partial charge in [-0.05, 0) is 48.6 Å². The van der Waals surface area contributed by atoms with Gasteiger partial charge in [0.15, 0.2) is 6.61 Å². The second kappa shape index (κ2) is 9.07. The zero-order chi connectivity index (χ0) is 20.1. The largest absolute Gasteiger partial charge is 0.455 e. The van der Waals surface area contributed by atoms with Crippen molar-refractivity contribution in [1.82, 2.24) is 0 Å². The Morgan fingerprint density at radius 2 is 1.96 bits per heavy atom. The second-order valence-corrected chi connectivity index (χ2v) is 7.66. The smallest absolute Gasteiger partial charge is 0.316 e. The molecule has 2 aromatic rings. The van der Waals surface area contributed by atoms with Gasteiger partial charge in [-0.2, -0.15) is 0 Å². The number of benzene rings is 2. The second-order valence-electron chi connectivity index (χ2n) is 6.20. The molecule has 1 N–H and O–H groups in total. The molecule has 0 heterocycles. The maximum absolute atomic E-state index is 11.9. The Hall–Kier alpha value is -2.58. The van der Waals surface area contributed by atoms with Crippen molar-refractivity contribution in [2.75, 3.05) is 17.7 Å². The third-order valence-electron chi connectivity index (χ3n) is 4.23. The van der Waals surface area contributed by atoms with E-state index in [4.69, 9.17) is 16.3 Å². The minimum Gasteiger partial charge on any atom is -0.455 e. The number of fused-ring (bicyclic) bond motifs is 1. The van der Waals surface area contributed by atoms with Gasteiger partial charge >= 0.3 is 5.97 Å². The molecule has 0 saturated carbocycles. The zero-order valence-electron chi connectivity index (χ0n) is 14.8. The lowest BCUT2D eigenvalue weighted by Gasteiger charge is -2.08. The summed E-state index contributed by atoms with van der Waals surface area (Å²) in [6.07, 6.45) is 3.34. The topological polar surface area (TPSA) is 98.5 Å². The number of non-ortho nitro benzene ring substituents is 1. The summed E-state index contributed by atoms with van der Waals surface area (Å²) in [5, 5.41) is 13.2. The molecule has 0 atom stereocenters. The van der Waals surface area contributed by atoms with E-state index in [9.17, 15) is 19.7 Å². The molecule has 9 heteroatoms. The highest BCUT2D eigenvalue weighted by Crippen LogP contribution is 2.28. The summed E-state index contributed by atoms with van der Waals surface area (Å²) in [4.78, 5) is 34.9. The Labute approximate surface area is 170 Å². The number of anilines is 1. The molecular weight excluding hydrogens is 404 g/mol. The highest BCUT2D eigenvalue weighted by molar-refractivity contribution is 8.00. The molecule has 146 valence electrons. The van der Waals surface area contributed by atoms with E-state index in [0.29, 0.717) is 0 Å². The lowest BCUT2D eigenvalue weighted by molar-refractivity contribution is -0.384. The third-order valence-corrected chi connectivity index (χ3v) is 5.51. The van der Waals surface area contributed by atoms with E-state index >= 15 is 0 Å². The lowest BCUT2D eigenvalue weighted by atomic mass is 10.1. The van der Waals surface area contributed by atoms with Crippen LogP contribution in [0.2, 0.25) is 5.02 Å². The standard InChI is InChI=1S/C19H17ClN2O5S/c20-16-9-14(22(25)26)5-7-17(16)21-18(23)10-27-19(24)11-28-15-6-4-12-2-1-3-13(12)8-15/h4-9H,1-3,10-11H2,(H,21,23). The van der Waals surface area contributed by atoms with Gasteiger partial charge in [0, 0.05) is 17.0 Å². The van der Waals surface area contributed by atoms with Gasteiger partial charge in [0.1, 0.15) is 0 Å². The van der Waals surface area contributed by atoms with Crippen molar-refractivity contribution in [2.24, 2.45) is 0 Å². The van der Waals surface area contributed by atoms with Gasteiger partial charge in [0.05, 0.1) is 21.4 Å². The van der Waals surface area contributed by atoms with Crippen LogP contribution in [0.4, 0.5) is 11.4 Å². The third kappa shape index (κ3) is 5.24. The summed E-state index contributed by atoms with van der Waals surface area (Å²) in [6, 6.07) is 9.87. The van der Waals surface area contributed by atoms with Crippen molar-refractivity contribution in [1.29, 1.82) is 0 Å². The van der Waals surface area contributed by atoms with Crippen LogP contribution in [0.3, 0.4) is 0 Å². The SMILES string of the molecule is O=C(COC(=O)CSc1ccc2c(c1)CCC2)Nc1ccc([N+](=O)[O-])cc1Cl. The van der Waals surface area contributed by atoms with Crippen molar-refractivity contribution < 1.29 is 19.2 Å². The number of hydrogen-bond donors (Lipinski definition) is 1. The molecule has 2 aromatic carbocycles. The molecule has 3 rings (SSSR count). The summed E-state index contributed by atoms with van der Waals surface area (Å²) in [7, 11) is 0. The first kappa shape index (κ1) is 20.2. The number of nitro groups is 1. The number of aryl methyl sites for hydroxylation is 2. The molecule has 0 saturated heterocycles. The van der Waals surface area contributed by atoms with Crippen LogP contribution in [0.25, 0.3) is 0 Å². The van der Waals surface area contributed by atoms with E-state index in [-0.39, 0.29) is 22.2 Å². The van der Waals surface area contributed by atoms with Crippen molar-refractivity contribution in [3.05, 3.63) is 62.7 Å². The molecule has 7 nitrogen and oxygen atoms in total. The number of esters is 1. The molecular formula is C19H17ClN2O5S. The van der Waals surface area contributed by atoms with Crippen molar-refractivity contribution >= 4 is 46.6 Å². The summed E-state index contributed by atoms with van der Waals surface area (Å²) >= 11 is 7.27. The monoisotopic (exact) mass is 420 g/mol. The fraction of sp³-hybridized carbons (Fsp3) is 0.263. The molecule has 0 aromatic heterocycles. The highest BCUT2D eigenvalue weighted by atomic mass is 35.5. The molecule has 0 fully saturated rings. The Bertz CT molecular complexity index is 935. The van der Waals surface area contributed by atoms with Gasteiger partial charge in [-0.25, -0.2) is 0 Å². The van der Waals surface area contributed by atoms with Crippen molar-refractivity contribution in [3.8, 4) is 0 Å². The van der Waals surface area contributed by atoms with Crippen molar-refractivity contribution in [3.63, 3.8) is 0 Å². The van der Waals surface area contributed by atoms with Crippen LogP contribution >= 0.6 is 23.4 Å². The average Bonchev–Trinajstić information content (AvgIpc) is 3.14. The van der Waals surface area contributed by atoms with Crippen LogP contribution in [0.5, 0.6) is 0 Å². The van der Waals surface area contributed by atoms with Crippen LogP contribution in [0.15, 0.2) is 41.3 Å². The quantitative estimate of drug-likeness (QED) is 0.314. The molecule has 0 bridgehead atoms. The Morgan fingerprint density at radius 1 is 1.18 bits per heavy atom. The number of hydrogen-bond acceptors (Lipinski definition) is 6. The highest BCUT2D eigenvalue weighted by Gasteiger charge is 2.14. The zero-order valence-corrected chi connectivity index (χ0v) is 16.3. The Balaban J connectivity index is 1.44. The number of nitrogens with one attached hydrogen (secondary N) is 1. The van der Waals surface area contributed by atoms with E-state index in [0.717, 1.165) is 23.8 Å². The molecule has 0 unspecified atom stereocenters. The fourth-order valence-electron chi connectivity index (χ4n) is 2.87. The van der Waals surface area contributed by atoms with Gasteiger partial charge in [0.2, 0.25) is 0 Å². The van der Waals surface area contributed by atoms with Crippen LogP contribution < -0.4 is 5.32 Å². The first-order chi connectivity index (χ1) is 13.4. The molecule has 1 amide bonds. The van der Waals surface area contributed by atoms with E-state index in [1.54, 1.807) is 0 Å². The van der Waals surface area contributed by atoms with E-state index in [1.165, 1.54) is 41.4 Å². The summed E-state index contributed by atoms with van der Waals surface area (Å²) in [6.45, 7) is -0.461. The number of amides is 1. The molecule has 28 heavy (non-hydrogen) atoms. The maximum Gasteiger partial charge on any atom is 0.316 e. The Kier molecular flexibility index (Phi) is 6.53. The van der Waals surface area contributed by atoms with Gasteiger partial charge in [0.25, 0.3) is 11.6 Å². The molecule has 0 spiro atoms. The van der Waals surface area contributed by atoms with Crippen LogP contribution in [0, 0.1) is 10.1 Å². The van der Waals surface area contributed by atoms with E-state index < -0.39 is 23.4 Å². The number of ether oxygens (including phenoxy) is 1. The van der Waals surface area contributed by atoms with Gasteiger partial charge in [-0.1, -0.05) is 17.7 Å². The van der Waals surface area contributed by atoms with Crippen LogP contribution in [0.1, 0.15) is 17.5 Å².